The summed E-state index contributed by atoms with van der Waals surface area (Å²) in [7, 11) is 0. The van der Waals surface area contributed by atoms with Crippen molar-refractivity contribution in [1.29, 1.82) is 0 Å². The van der Waals surface area contributed by atoms with E-state index in [0.29, 0.717) is 16.7 Å². The molecule has 0 N–H and O–H groups in total. The Labute approximate surface area is 189 Å². The molecule has 0 spiro atoms. The summed E-state index contributed by atoms with van der Waals surface area (Å²) in [5.74, 6) is 0.662. The highest BCUT2D eigenvalue weighted by molar-refractivity contribution is 7.99. The van der Waals surface area contributed by atoms with Gasteiger partial charge in [0.05, 0.1) is 22.5 Å². The van der Waals surface area contributed by atoms with E-state index in [-0.39, 0.29) is 11.5 Å². The van der Waals surface area contributed by atoms with Crippen LogP contribution in [0.1, 0.15) is 15.9 Å². The smallest absolute Gasteiger partial charge is 0.277 e. The summed E-state index contributed by atoms with van der Waals surface area (Å²) in [4.78, 5) is 17.2. The number of fused-ring (bicyclic) bond motifs is 1. The minimum Gasteiger partial charge on any atom is -0.411 e. The molecule has 0 bridgehead atoms. The molecule has 32 heavy (non-hydrogen) atoms. The molecule has 2 heterocycles. The van der Waals surface area contributed by atoms with Crippen molar-refractivity contribution in [2.24, 2.45) is 0 Å². The van der Waals surface area contributed by atoms with Crippen molar-refractivity contribution in [3.05, 3.63) is 96.1 Å². The van der Waals surface area contributed by atoms with E-state index < -0.39 is 0 Å². The third-order valence-corrected chi connectivity index (χ3v) is 5.94. The van der Waals surface area contributed by atoms with Gasteiger partial charge in [0.2, 0.25) is 5.89 Å². The minimum atomic E-state index is 0.0198. The predicted molar refractivity (Wildman–Crippen MR) is 127 cm³/mol. The first kappa shape index (κ1) is 20.2. The van der Waals surface area contributed by atoms with Gasteiger partial charge in [-0.15, -0.1) is 10.2 Å². The Morgan fingerprint density at radius 1 is 0.906 bits per heavy atom. The normalized spacial score (nSPS) is 11.0. The van der Waals surface area contributed by atoms with E-state index in [1.807, 2.05) is 48.5 Å². The van der Waals surface area contributed by atoms with Crippen molar-refractivity contribution in [1.82, 2.24) is 15.2 Å². The molecule has 0 aliphatic carbocycles. The molecule has 0 fully saturated rings. The van der Waals surface area contributed by atoms with Crippen molar-refractivity contribution < 1.29 is 9.21 Å². The highest BCUT2D eigenvalue weighted by Crippen LogP contribution is 2.32. The number of hydrogen-bond acceptors (Lipinski definition) is 6. The first-order valence-electron chi connectivity index (χ1n) is 10.2. The molecule has 3 aromatic carbocycles. The van der Waals surface area contributed by atoms with Gasteiger partial charge in [-0.25, -0.2) is 4.98 Å². The first-order valence-corrected chi connectivity index (χ1v) is 11.2. The average Bonchev–Trinajstić information content (AvgIpc) is 3.32. The van der Waals surface area contributed by atoms with Crippen molar-refractivity contribution in [2.75, 3.05) is 5.75 Å². The van der Waals surface area contributed by atoms with E-state index in [1.54, 1.807) is 12.1 Å². The highest BCUT2D eigenvalue weighted by atomic mass is 32.2. The van der Waals surface area contributed by atoms with Crippen molar-refractivity contribution >= 4 is 28.4 Å². The fraction of sp³-hybridized carbons (Fsp3) is 0.0769. The summed E-state index contributed by atoms with van der Waals surface area (Å²) >= 11 is 1.24. The van der Waals surface area contributed by atoms with Crippen LogP contribution in [0.15, 0.2) is 94.6 Å². The predicted octanol–water partition coefficient (Wildman–Crippen LogP) is 6.24. The molecule has 0 amide bonds. The molecule has 0 atom stereocenters. The van der Waals surface area contributed by atoms with Gasteiger partial charge in [0, 0.05) is 16.5 Å². The van der Waals surface area contributed by atoms with Crippen LogP contribution in [0.25, 0.3) is 33.6 Å². The number of aromatic nitrogens is 3. The van der Waals surface area contributed by atoms with Gasteiger partial charge in [0.15, 0.2) is 5.78 Å². The number of benzene rings is 3. The summed E-state index contributed by atoms with van der Waals surface area (Å²) in [6, 6.07) is 27.3. The van der Waals surface area contributed by atoms with Gasteiger partial charge < -0.3 is 4.42 Å². The molecule has 0 unspecified atom stereocenters. The van der Waals surface area contributed by atoms with Crippen LogP contribution in [-0.2, 0) is 0 Å². The lowest BCUT2D eigenvalue weighted by Crippen LogP contribution is -2.01. The van der Waals surface area contributed by atoms with Gasteiger partial charge in [-0.2, -0.15) is 0 Å². The number of pyridine rings is 1. The summed E-state index contributed by atoms with van der Waals surface area (Å²) in [5.41, 5.74) is 5.39. The maximum atomic E-state index is 12.4. The Kier molecular flexibility index (Phi) is 5.52. The molecule has 0 aliphatic rings. The number of para-hydroxylation sites is 1. The molecule has 156 valence electrons. The van der Waals surface area contributed by atoms with Crippen LogP contribution < -0.4 is 0 Å². The lowest BCUT2D eigenvalue weighted by molar-refractivity contribution is 0.102. The molecule has 2 aromatic heterocycles. The SMILES string of the molecule is Cc1ccc(-c2cc(-c3nnc(SCC(=O)c4ccccc4)o3)c3ccccc3n2)cc1. The fourth-order valence-electron chi connectivity index (χ4n) is 3.44. The largest absolute Gasteiger partial charge is 0.411 e. The lowest BCUT2D eigenvalue weighted by atomic mass is 10.0. The number of aryl methyl sites for hydroxylation is 1. The standard InChI is InChI=1S/C26H19N3O2S/c1-17-11-13-18(14-12-17)23-15-21(20-9-5-6-10-22(20)27-23)25-28-29-26(31-25)32-16-24(30)19-7-3-2-4-8-19/h2-15H,16H2,1H3. The number of Topliss-reactive ketones (excluding diaryl/α,β-unsaturated/α-hetero) is 1. The zero-order valence-corrected chi connectivity index (χ0v) is 18.2. The molecule has 5 rings (SSSR count). The second kappa shape index (κ2) is 8.77. The number of ketones is 1. The lowest BCUT2D eigenvalue weighted by Gasteiger charge is -2.08. The minimum absolute atomic E-state index is 0.0198. The van der Waals surface area contributed by atoms with Gasteiger partial charge >= 0.3 is 0 Å². The maximum Gasteiger partial charge on any atom is 0.277 e. The van der Waals surface area contributed by atoms with E-state index in [0.717, 1.165) is 27.7 Å². The molecule has 0 saturated heterocycles. The summed E-state index contributed by atoms with van der Waals surface area (Å²) in [6.07, 6.45) is 0. The van der Waals surface area contributed by atoms with Crippen molar-refractivity contribution in [3.8, 4) is 22.7 Å². The summed E-state index contributed by atoms with van der Waals surface area (Å²) in [5, 5.41) is 9.71. The zero-order chi connectivity index (χ0) is 21.9. The molecular weight excluding hydrogens is 418 g/mol. The van der Waals surface area contributed by atoms with Crippen LogP contribution in [0, 0.1) is 6.92 Å². The van der Waals surface area contributed by atoms with Gasteiger partial charge in [-0.1, -0.05) is 90.1 Å². The Morgan fingerprint density at radius 2 is 1.66 bits per heavy atom. The number of nitrogens with zero attached hydrogens (tertiary/aromatic N) is 3. The summed E-state index contributed by atoms with van der Waals surface area (Å²) in [6.45, 7) is 2.06. The maximum absolute atomic E-state index is 12.4. The number of carbonyl (C=O) groups excluding carboxylic acids is 1. The molecule has 0 aliphatic heterocycles. The van der Waals surface area contributed by atoms with Gasteiger partial charge in [-0.05, 0) is 19.1 Å². The van der Waals surface area contributed by atoms with E-state index >= 15 is 0 Å². The van der Waals surface area contributed by atoms with Crippen LogP contribution in [0.3, 0.4) is 0 Å². The van der Waals surface area contributed by atoms with Crippen molar-refractivity contribution in [3.63, 3.8) is 0 Å². The van der Waals surface area contributed by atoms with Crippen LogP contribution in [-0.4, -0.2) is 26.7 Å². The number of carbonyl (C=O) groups is 1. The third kappa shape index (κ3) is 4.18. The Morgan fingerprint density at radius 3 is 2.47 bits per heavy atom. The Hall–Kier alpha value is -3.77. The van der Waals surface area contributed by atoms with Gasteiger partial charge in [-0.3, -0.25) is 4.79 Å². The average molecular weight is 438 g/mol. The van der Waals surface area contributed by atoms with E-state index in [2.05, 4.69) is 41.4 Å². The quantitative estimate of drug-likeness (QED) is 0.231. The monoisotopic (exact) mass is 437 g/mol. The first-order chi connectivity index (χ1) is 15.7. The zero-order valence-electron chi connectivity index (χ0n) is 17.4. The molecule has 5 nitrogen and oxygen atoms in total. The van der Waals surface area contributed by atoms with Crippen LogP contribution in [0.4, 0.5) is 0 Å². The van der Waals surface area contributed by atoms with Crippen LogP contribution in [0.2, 0.25) is 0 Å². The number of rotatable bonds is 6. The van der Waals surface area contributed by atoms with Crippen LogP contribution in [0.5, 0.6) is 0 Å². The van der Waals surface area contributed by atoms with Gasteiger partial charge in [0.25, 0.3) is 5.22 Å². The van der Waals surface area contributed by atoms with E-state index in [9.17, 15) is 4.79 Å². The Bertz CT molecular complexity index is 1400. The van der Waals surface area contributed by atoms with Gasteiger partial charge in [0.1, 0.15) is 0 Å². The highest BCUT2D eigenvalue weighted by Gasteiger charge is 2.16. The van der Waals surface area contributed by atoms with Crippen LogP contribution >= 0.6 is 11.8 Å². The molecule has 0 saturated carbocycles. The number of thioether (sulfide) groups is 1. The fourth-order valence-corrected chi connectivity index (χ4v) is 4.09. The topological polar surface area (TPSA) is 68.9 Å². The molecule has 5 aromatic rings. The summed E-state index contributed by atoms with van der Waals surface area (Å²) < 4.78 is 5.93. The van der Waals surface area contributed by atoms with E-state index in [4.69, 9.17) is 9.40 Å². The third-order valence-electron chi connectivity index (χ3n) is 5.12. The Balaban J connectivity index is 1.46. The molecule has 6 heteroatoms. The van der Waals surface area contributed by atoms with Crippen molar-refractivity contribution in [2.45, 2.75) is 12.1 Å². The van der Waals surface area contributed by atoms with E-state index in [1.165, 1.54) is 17.3 Å². The second-order valence-corrected chi connectivity index (χ2v) is 8.32. The molecular formula is C26H19N3O2S. The number of hydrogen-bond donors (Lipinski definition) is 0. The molecule has 0 radical (unpaired) electrons. The second-order valence-electron chi connectivity index (χ2n) is 7.39.